The average Bonchev–Trinajstić information content (AvgIpc) is 3.80. The summed E-state index contributed by atoms with van der Waals surface area (Å²) in [4.78, 5) is 0. The van der Waals surface area contributed by atoms with Crippen molar-refractivity contribution in [1.82, 2.24) is 0 Å². The third-order valence-electron chi connectivity index (χ3n) is 11.6. The normalized spacial score (nSPS) is 13.3. The third kappa shape index (κ3) is 7.73. The van der Waals surface area contributed by atoms with Crippen LogP contribution in [0.25, 0.3) is 33.4 Å². The quantitative estimate of drug-likeness (QED) is 0.157. The summed E-state index contributed by atoms with van der Waals surface area (Å²) in [5, 5.41) is 0. The molecule has 0 heterocycles. The number of benzene rings is 6. The van der Waals surface area contributed by atoms with Crippen LogP contribution in [0.1, 0.15) is 96.1 Å². The molecule has 0 amide bonds. The summed E-state index contributed by atoms with van der Waals surface area (Å²) in [6.07, 6.45) is 8.25. The summed E-state index contributed by atoms with van der Waals surface area (Å²) in [5.41, 5.74) is 19.5. The zero-order valence-corrected chi connectivity index (χ0v) is 38.1. The van der Waals surface area contributed by atoms with Gasteiger partial charge >= 0.3 is 334 Å². The number of aryl methyl sites for hydroxylation is 2. The van der Waals surface area contributed by atoms with Gasteiger partial charge in [0.25, 0.3) is 0 Å². The monoisotopic (exact) mass is 850 g/mol. The molecule has 0 fully saturated rings. The van der Waals surface area contributed by atoms with Gasteiger partial charge in [-0.15, -0.1) is 24.8 Å². The van der Waals surface area contributed by atoms with Crippen LogP contribution in [0.5, 0.6) is 0 Å². The fourth-order valence-electron chi connectivity index (χ4n) is 8.92. The number of allylic oxidation sites excluding steroid dienone is 4. The molecule has 0 spiro atoms. The molecule has 6 aromatic rings. The van der Waals surface area contributed by atoms with Gasteiger partial charge < -0.3 is 0 Å². The van der Waals surface area contributed by atoms with E-state index in [2.05, 4.69) is 207 Å². The Morgan fingerprint density at radius 2 is 0.911 bits per heavy atom. The number of hydrogen-bond acceptors (Lipinski definition) is 0. The van der Waals surface area contributed by atoms with E-state index >= 15 is 0 Å². The summed E-state index contributed by atoms with van der Waals surface area (Å²) in [7, 11) is 0. The third-order valence-corrected chi connectivity index (χ3v) is 19.9. The summed E-state index contributed by atoms with van der Waals surface area (Å²) in [5.74, 6) is 0. The zero-order chi connectivity index (χ0) is 37.8. The van der Waals surface area contributed by atoms with Crippen LogP contribution in [0.2, 0.25) is 0 Å². The Morgan fingerprint density at radius 3 is 1.29 bits per heavy atom. The van der Waals surface area contributed by atoms with Crippen molar-refractivity contribution in [1.29, 1.82) is 0 Å². The van der Waals surface area contributed by atoms with Gasteiger partial charge in [0.15, 0.2) is 0 Å². The first kappa shape index (κ1) is 41.8. The van der Waals surface area contributed by atoms with Crippen molar-refractivity contribution in [3.05, 3.63) is 199 Å². The largest absolute Gasteiger partial charge is 0.147 e. The predicted molar refractivity (Wildman–Crippen MR) is 244 cm³/mol. The molecule has 8 rings (SSSR count). The first-order chi connectivity index (χ1) is 25.9. The van der Waals surface area contributed by atoms with E-state index in [9.17, 15) is 0 Å². The van der Waals surface area contributed by atoms with E-state index in [1.807, 2.05) is 0 Å². The Bertz CT molecular complexity index is 2330. The van der Waals surface area contributed by atoms with Gasteiger partial charge in [-0.3, -0.25) is 0 Å². The van der Waals surface area contributed by atoms with Gasteiger partial charge in [0, 0.05) is 0 Å². The molecular formula is C53H54Cl2Zr. The van der Waals surface area contributed by atoms with Crippen LogP contribution in [0.4, 0.5) is 0 Å². The van der Waals surface area contributed by atoms with E-state index in [-0.39, 0.29) is 35.6 Å². The van der Waals surface area contributed by atoms with Crippen LogP contribution >= 0.6 is 24.8 Å². The van der Waals surface area contributed by atoms with Crippen molar-refractivity contribution < 1.29 is 21.3 Å². The molecule has 2 aliphatic carbocycles. The number of halogens is 2. The minimum absolute atomic E-state index is 0. The second kappa shape index (κ2) is 16.5. The Hall–Kier alpha value is -3.87. The maximum absolute atomic E-state index is 2.93. The maximum atomic E-state index is 2.66. The summed E-state index contributed by atoms with van der Waals surface area (Å²) in [6.45, 7) is 18.9. The van der Waals surface area contributed by atoms with Crippen LogP contribution in [-0.4, -0.2) is 3.21 Å². The molecule has 3 heteroatoms. The van der Waals surface area contributed by atoms with Gasteiger partial charge in [0.2, 0.25) is 0 Å². The van der Waals surface area contributed by atoms with Gasteiger partial charge in [-0.25, -0.2) is 0 Å². The van der Waals surface area contributed by atoms with Crippen molar-refractivity contribution in [3.8, 4) is 33.4 Å². The first-order valence-electron chi connectivity index (χ1n) is 19.6. The van der Waals surface area contributed by atoms with E-state index in [0.29, 0.717) is 3.63 Å². The van der Waals surface area contributed by atoms with Crippen LogP contribution in [0, 0.1) is 13.8 Å². The smallest absolute Gasteiger partial charge is 0.147 e. The Labute approximate surface area is 355 Å². The summed E-state index contributed by atoms with van der Waals surface area (Å²) in [6, 6.07) is 51.3. The van der Waals surface area contributed by atoms with E-state index < -0.39 is 21.3 Å². The average molecular weight is 853 g/mol. The molecule has 284 valence electrons. The molecule has 56 heavy (non-hydrogen) atoms. The number of fused-ring (bicyclic) bond motifs is 3. The van der Waals surface area contributed by atoms with Crippen molar-refractivity contribution in [2.75, 3.05) is 0 Å². The van der Waals surface area contributed by atoms with Gasteiger partial charge in [0.05, 0.1) is 0 Å². The SMILES string of the molecule is Cc1ccccc1-c1cc2c(cc1C(C)(C)C)-c1cc(C(C)(C)C)c(-c3ccccc3C)cc1[CH]2[Zr]([C]1=CC=CC1)=[C](c1ccccc1)c1ccccc1.Cl.Cl. The second-order valence-corrected chi connectivity index (χ2v) is 23.6. The van der Waals surface area contributed by atoms with Gasteiger partial charge in [-0.2, -0.15) is 0 Å². The minimum Gasteiger partial charge on any atom is -0.147 e. The van der Waals surface area contributed by atoms with E-state index in [4.69, 9.17) is 0 Å². The van der Waals surface area contributed by atoms with E-state index in [0.717, 1.165) is 6.42 Å². The van der Waals surface area contributed by atoms with Crippen LogP contribution < -0.4 is 0 Å². The molecule has 0 radical (unpaired) electrons. The molecule has 6 aromatic carbocycles. The molecule has 2 aliphatic rings. The fourth-order valence-corrected chi connectivity index (χ4v) is 17.9. The topological polar surface area (TPSA) is 0 Å². The van der Waals surface area contributed by atoms with Crippen molar-refractivity contribution in [3.63, 3.8) is 0 Å². The number of hydrogen-bond donors (Lipinski definition) is 0. The maximum Gasteiger partial charge on any atom is -0.147 e. The summed E-state index contributed by atoms with van der Waals surface area (Å²) >= 11 is -2.93. The fraction of sp³-hybridized carbons (Fsp3) is 0.226. The molecule has 0 nitrogen and oxygen atoms in total. The molecule has 0 saturated heterocycles. The minimum atomic E-state index is -2.93. The van der Waals surface area contributed by atoms with E-state index in [1.165, 1.54) is 77.9 Å². The Kier molecular flexibility index (Phi) is 12.3. The van der Waals surface area contributed by atoms with Crippen LogP contribution in [0.15, 0.2) is 155 Å². The first-order valence-corrected chi connectivity index (χ1v) is 23.5. The van der Waals surface area contributed by atoms with Crippen molar-refractivity contribution in [2.24, 2.45) is 0 Å². The molecule has 0 bridgehead atoms. The molecule has 0 atom stereocenters. The molecule has 0 aliphatic heterocycles. The molecular weight excluding hydrogens is 799 g/mol. The number of rotatable bonds is 6. The van der Waals surface area contributed by atoms with E-state index in [1.54, 1.807) is 6.49 Å². The molecule has 0 unspecified atom stereocenters. The molecule has 0 N–H and O–H groups in total. The van der Waals surface area contributed by atoms with Gasteiger partial charge in [0.1, 0.15) is 0 Å². The molecule has 0 aromatic heterocycles. The standard InChI is InChI=1S/C35H37.C13H10.C5H5.2ClH.Zr/c1-22-13-9-11-15-26(22)30-18-24-17-25-19-31(27-16-12-10-14-23(27)2)33(35(6,7)8)21-29(25)28(24)20-32(30)34(3,4)5;1-3-7-12(8-4-1)11-13-9-5-2-6-10-13;1-2-4-5-3-1;;;/h9-21H,1-8H3;1-10H;1-3H,4H2;2*1H;. The summed E-state index contributed by atoms with van der Waals surface area (Å²) < 4.78 is 3.55. The van der Waals surface area contributed by atoms with Crippen molar-refractivity contribution >= 4 is 28.0 Å². The predicted octanol–water partition coefficient (Wildman–Crippen LogP) is 14.9. The van der Waals surface area contributed by atoms with Crippen LogP contribution in [-0.2, 0) is 32.1 Å². The Morgan fingerprint density at radius 1 is 0.500 bits per heavy atom. The second-order valence-electron chi connectivity index (χ2n) is 17.4. The van der Waals surface area contributed by atoms with Crippen molar-refractivity contribution in [2.45, 2.75) is 76.3 Å². The van der Waals surface area contributed by atoms with Gasteiger partial charge in [-0.1, -0.05) is 0 Å². The Balaban J connectivity index is 0.00000266. The molecule has 0 saturated carbocycles. The van der Waals surface area contributed by atoms with Gasteiger partial charge in [-0.05, 0) is 0 Å². The zero-order valence-electron chi connectivity index (χ0n) is 34.0. The van der Waals surface area contributed by atoms with Crippen LogP contribution in [0.3, 0.4) is 0 Å².